The van der Waals surface area contributed by atoms with Crippen LogP contribution in [0.5, 0.6) is 0 Å². The molecule has 4 nitrogen and oxygen atoms in total. The van der Waals surface area contributed by atoms with Crippen LogP contribution in [0.3, 0.4) is 0 Å². The number of rotatable bonds is 1. The lowest BCUT2D eigenvalue weighted by Crippen LogP contribution is -1.95. The standard InChI is InChI=1S/C21H10N2O2/c22-10-14(11-23)20-16-6-1-2-7-17(16)21(24)18(20)9-13-12-25-19-8-4-3-5-15(13)19/h1-9,12H/b18-9+. The monoisotopic (exact) mass is 322 g/mol. The zero-order chi connectivity index (χ0) is 17.4. The molecule has 0 radical (unpaired) electrons. The van der Waals surface area contributed by atoms with Crippen LogP contribution in [0.25, 0.3) is 22.6 Å². The number of para-hydroxylation sites is 1. The number of nitriles is 2. The fourth-order valence-electron chi connectivity index (χ4n) is 3.11. The van der Waals surface area contributed by atoms with Crippen LogP contribution in [0.1, 0.15) is 21.5 Å². The van der Waals surface area contributed by atoms with Crippen LogP contribution in [0.2, 0.25) is 0 Å². The Kier molecular flexibility index (Phi) is 3.31. The Labute approximate surface area is 143 Å². The lowest BCUT2D eigenvalue weighted by atomic mass is 9.98. The Morgan fingerprint density at radius 2 is 1.64 bits per heavy atom. The Morgan fingerprint density at radius 1 is 0.960 bits per heavy atom. The first-order valence-corrected chi connectivity index (χ1v) is 7.61. The van der Waals surface area contributed by atoms with Gasteiger partial charge in [0.1, 0.15) is 23.3 Å². The fourth-order valence-corrected chi connectivity index (χ4v) is 3.11. The molecule has 1 heterocycles. The van der Waals surface area contributed by atoms with Gasteiger partial charge in [0.25, 0.3) is 0 Å². The smallest absolute Gasteiger partial charge is 0.194 e. The Morgan fingerprint density at radius 3 is 2.40 bits per heavy atom. The highest BCUT2D eigenvalue weighted by molar-refractivity contribution is 6.30. The summed E-state index contributed by atoms with van der Waals surface area (Å²) in [5.74, 6) is -0.195. The largest absolute Gasteiger partial charge is 0.464 e. The van der Waals surface area contributed by atoms with Crippen LogP contribution in [-0.2, 0) is 0 Å². The number of ketones is 1. The van der Waals surface area contributed by atoms with Crippen LogP contribution in [0.15, 0.2) is 70.4 Å². The first kappa shape index (κ1) is 14.7. The minimum absolute atomic E-state index is 0.0719. The number of hydrogen-bond donors (Lipinski definition) is 0. The minimum atomic E-state index is -0.195. The minimum Gasteiger partial charge on any atom is -0.464 e. The summed E-state index contributed by atoms with van der Waals surface area (Å²) in [6.45, 7) is 0. The predicted molar refractivity (Wildman–Crippen MR) is 93.1 cm³/mol. The molecule has 0 fully saturated rings. The molecule has 0 N–H and O–H groups in total. The van der Waals surface area contributed by atoms with E-state index in [2.05, 4.69) is 0 Å². The van der Waals surface area contributed by atoms with Gasteiger partial charge in [-0.05, 0) is 17.7 Å². The summed E-state index contributed by atoms with van der Waals surface area (Å²) in [7, 11) is 0. The number of fused-ring (bicyclic) bond motifs is 2. The van der Waals surface area contributed by atoms with Gasteiger partial charge in [-0.1, -0.05) is 42.5 Å². The molecule has 0 saturated heterocycles. The summed E-state index contributed by atoms with van der Waals surface area (Å²) in [5, 5.41) is 19.5. The van der Waals surface area contributed by atoms with E-state index in [1.165, 1.54) is 0 Å². The third-order valence-corrected chi connectivity index (χ3v) is 4.24. The average Bonchev–Trinajstić information content (AvgIpc) is 3.18. The lowest BCUT2D eigenvalue weighted by Gasteiger charge is -2.01. The Balaban J connectivity index is 2.01. The third-order valence-electron chi connectivity index (χ3n) is 4.24. The molecule has 3 aromatic rings. The number of furan rings is 1. The van der Waals surface area contributed by atoms with Gasteiger partial charge >= 0.3 is 0 Å². The van der Waals surface area contributed by atoms with Gasteiger partial charge in [0.15, 0.2) is 5.78 Å². The maximum absolute atomic E-state index is 12.9. The van der Waals surface area contributed by atoms with E-state index in [-0.39, 0.29) is 11.4 Å². The Bertz CT molecular complexity index is 1160. The fraction of sp³-hybridized carbons (Fsp3) is 0. The van der Waals surface area contributed by atoms with Gasteiger partial charge in [0, 0.05) is 27.7 Å². The molecule has 1 aliphatic carbocycles. The van der Waals surface area contributed by atoms with E-state index >= 15 is 0 Å². The van der Waals surface area contributed by atoms with E-state index in [0.29, 0.717) is 27.9 Å². The number of nitrogens with zero attached hydrogens (tertiary/aromatic N) is 2. The first-order chi connectivity index (χ1) is 12.2. The van der Waals surface area contributed by atoms with Gasteiger partial charge in [-0.3, -0.25) is 4.79 Å². The third kappa shape index (κ3) is 2.17. The molecule has 0 spiro atoms. The molecule has 0 atom stereocenters. The van der Waals surface area contributed by atoms with Gasteiger partial charge in [-0.25, -0.2) is 0 Å². The van der Waals surface area contributed by atoms with Crippen molar-refractivity contribution in [2.45, 2.75) is 0 Å². The van der Waals surface area contributed by atoms with E-state index in [1.807, 2.05) is 36.4 Å². The summed E-state index contributed by atoms with van der Waals surface area (Å²) in [4.78, 5) is 12.9. The molecule has 4 heteroatoms. The normalized spacial score (nSPS) is 14.4. The first-order valence-electron chi connectivity index (χ1n) is 7.61. The van der Waals surface area contributed by atoms with Crippen molar-refractivity contribution in [3.8, 4) is 12.1 Å². The van der Waals surface area contributed by atoms with E-state index in [1.54, 1.807) is 36.6 Å². The highest BCUT2D eigenvalue weighted by Gasteiger charge is 2.32. The topological polar surface area (TPSA) is 77.8 Å². The molecule has 116 valence electrons. The molecule has 4 rings (SSSR count). The molecule has 2 aromatic carbocycles. The number of allylic oxidation sites excluding steroid dienone is 3. The summed E-state index contributed by atoms with van der Waals surface area (Å²) in [5.41, 5.74) is 3.21. The van der Waals surface area contributed by atoms with Crippen molar-refractivity contribution in [1.29, 1.82) is 10.5 Å². The average molecular weight is 322 g/mol. The van der Waals surface area contributed by atoms with Crippen molar-refractivity contribution in [2.75, 3.05) is 0 Å². The number of carbonyl (C=O) groups excluding carboxylic acids is 1. The SMILES string of the molecule is N#CC(C#N)=C1/C(=C\c2coc3ccccc23)C(=O)c2ccccc21. The van der Waals surface area contributed by atoms with Crippen molar-refractivity contribution in [3.05, 3.63) is 82.6 Å². The van der Waals surface area contributed by atoms with E-state index in [9.17, 15) is 15.3 Å². The van der Waals surface area contributed by atoms with Crippen molar-refractivity contribution in [2.24, 2.45) is 0 Å². The molecule has 0 amide bonds. The lowest BCUT2D eigenvalue weighted by molar-refractivity contribution is 0.104. The van der Waals surface area contributed by atoms with Crippen molar-refractivity contribution < 1.29 is 9.21 Å². The molecule has 1 aliphatic rings. The highest BCUT2D eigenvalue weighted by atomic mass is 16.3. The molecule has 0 aliphatic heterocycles. The van der Waals surface area contributed by atoms with Gasteiger partial charge in [-0.15, -0.1) is 0 Å². The van der Waals surface area contributed by atoms with Crippen LogP contribution in [0, 0.1) is 22.7 Å². The van der Waals surface area contributed by atoms with Crippen molar-refractivity contribution >= 4 is 28.4 Å². The van der Waals surface area contributed by atoms with Crippen LogP contribution in [-0.4, -0.2) is 5.78 Å². The predicted octanol–water partition coefficient (Wildman–Crippen LogP) is 4.51. The maximum atomic E-state index is 12.9. The van der Waals surface area contributed by atoms with E-state index in [0.717, 1.165) is 10.9 Å². The van der Waals surface area contributed by atoms with Crippen molar-refractivity contribution in [3.63, 3.8) is 0 Å². The van der Waals surface area contributed by atoms with Gasteiger partial charge < -0.3 is 4.42 Å². The van der Waals surface area contributed by atoms with E-state index in [4.69, 9.17) is 4.42 Å². The number of benzene rings is 2. The van der Waals surface area contributed by atoms with Crippen LogP contribution >= 0.6 is 0 Å². The summed E-state index contributed by atoms with van der Waals surface area (Å²) in [6, 6.07) is 18.3. The van der Waals surface area contributed by atoms with Crippen LogP contribution < -0.4 is 0 Å². The summed E-state index contributed by atoms with van der Waals surface area (Å²) < 4.78 is 5.52. The molecule has 0 unspecified atom stereocenters. The second kappa shape index (κ2) is 5.63. The molecule has 25 heavy (non-hydrogen) atoms. The second-order valence-electron chi connectivity index (χ2n) is 5.59. The van der Waals surface area contributed by atoms with Gasteiger partial charge in [0.2, 0.25) is 0 Å². The summed E-state index contributed by atoms with van der Waals surface area (Å²) >= 11 is 0. The number of hydrogen-bond acceptors (Lipinski definition) is 4. The van der Waals surface area contributed by atoms with Crippen LogP contribution in [0.4, 0.5) is 0 Å². The van der Waals surface area contributed by atoms with Gasteiger partial charge in [0.05, 0.1) is 6.26 Å². The molecule has 0 bridgehead atoms. The highest BCUT2D eigenvalue weighted by Crippen LogP contribution is 2.40. The van der Waals surface area contributed by atoms with Gasteiger partial charge in [-0.2, -0.15) is 10.5 Å². The summed E-state index contributed by atoms with van der Waals surface area (Å²) in [6.07, 6.45) is 3.27. The van der Waals surface area contributed by atoms with Crippen molar-refractivity contribution in [1.82, 2.24) is 0 Å². The zero-order valence-corrected chi connectivity index (χ0v) is 13.0. The molecular formula is C21H10N2O2. The zero-order valence-electron chi connectivity index (χ0n) is 13.0. The Hall–Kier alpha value is -3.89. The number of carbonyl (C=O) groups is 1. The number of Topliss-reactive ketones (excluding diaryl/α,β-unsaturated/α-hetero) is 1. The second-order valence-corrected chi connectivity index (χ2v) is 5.59. The van der Waals surface area contributed by atoms with E-state index < -0.39 is 0 Å². The molecular weight excluding hydrogens is 312 g/mol. The molecule has 0 saturated carbocycles. The quantitative estimate of drug-likeness (QED) is 0.487. The maximum Gasteiger partial charge on any atom is 0.194 e. The molecule has 1 aromatic heterocycles.